The summed E-state index contributed by atoms with van der Waals surface area (Å²) in [7, 11) is 1.57. The van der Waals surface area contributed by atoms with Crippen molar-refractivity contribution in [2.24, 2.45) is 0 Å². The molecule has 3 aromatic carbocycles. The largest absolute Gasteiger partial charge is 0.496 e. The van der Waals surface area contributed by atoms with E-state index in [1.165, 1.54) is 0 Å². The molecule has 218 valence electrons. The molecule has 41 heavy (non-hydrogen) atoms. The van der Waals surface area contributed by atoms with Gasteiger partial charge in [0.25, 0.3) is 0 Å². The predicted octanol–water partition coefficient (Wildman–Crippen LogP) is 5.12. The van der Waals surface area contributed by atoms with E-state index >= 15 is 0 Å². The normalized spacial score (nSPS) is 12.8. The van der Waals surface area contributed by atoms with Crippen molar-refractivity contribution in [3.8, 4) is 5.75 Å². The minimum absolute atomic E-state index is 0.153. The third-order valence-corrected chi connectivity index (χ3v) is 7.07. The molecule has 4 aromatic rings. The molecule has 4 rings (SSSR count). The molecule has 0 radical (unpaired) electrons. The summed E-state index contributed by atoms with van der Waals surface area (Å²) in [4.78, 5) is 12.7. The van der Waals surface area contributed by atoms with Crippen LogP contribution in [0.4, 0.5) is 0 Å². The van der Waals surface area contributed by atoms with E-state index in [0.29, 0.717) is 50.9 Å². The number of rotatable bonds is 15. The van der Waals surface area contributed by atoms with Gasteiger partial charge in [0.1, 0.15) is 11.3 Å². The summed E-state index contributed by atoms with van der Waals surface area (Å²) in [6.07, 6.45) is -0.575. The minimum atomic E-state index is -0.728. The first kappa shape index (κ1) is 30.2. The van der Waals surface area contributed by atoms with Crippen molar-refractivity contribution in [3.05, 3.63) is 88.5 Å². The van der Waals surface area contributed by atoms with Crippen molar-refractivity contribution in [3.63, 3.8) is 0 Å². The lowest BCUT2D eigenvalue weighted by Gasteiger charge is -2.22. The lowest BCUT2D eigenvalue weighted by molar-refractivity contribution is -0.143. The number of carbonyl (C=O) groups is 1. The average Bonchev–Trinajstić information content (AvgIpc) is 3.40. The number of ether oxygens (including phenoxy) is 4. The Labute approximate surface area is 241 Å². The van der Waals surface area contributed by atoms with Crippen LogP contribution in [0.2, 0.25) is 0 Å². The van der Waals surface area contributed by atoms with Crippen molar-refractivity contribution in [2.75, 3.05) is 33.5 Å². The number of hydrogen-bond donors (Lipinski definition) is 1. The third-order valence-electron chi connectivity index (χ3n) is 7.07. The summed E-state index contributed by atoms with van der Waals surface area (Å²) in [6, 6.07) is 19.7. The Bertz CT molecular complexity index is 1420. The fourth-order valence-electron chi connectivity index (χ4n) is 4.95. The van der Waals surface area contributed by atoms with Gasteiger partial charge in [0.2, 0.25) is 0 Å². The van der Waals surface area contributed by atoms with Gasteiger partial charge in [-0.1, -0.05) is 47.7 Å². The van der Waals surface area contributed by atoms with Gasteiger partial charge in [-0.15, -0.1) is 5.10 Å². The van der Waals surface area contributed by atoms with Gasteiger partial charge >= 0.3 is 5.97 Å². The number of hydrogen-bond acceptors (Lipinski definition) is 8. The van der Waals surface area contributed by atoms with Gasteiger partial charge < -0.3 is 24.1 Å². The number of aliphatic hydroxyl groups excluding tert-OH is 1. The van der Waals surface area contributed by atoms with Crippen LogP contribution in [0.15, 0.2) is 60.7 Å². The van der Waals surface area contributed by atoms with Crippen LogP contribution >= 0.6 is 0 Å². The molecular formula is C32H39N3O6. The highest BCUT2D eigenvalue weighted by Gasteiger charge is 2.24. The van der Waals surface area contributed by atoms with Crippen LogP contribution in [0.25, 0.3) is 11.0 Å². The fourth-order valence-corrected chi connectivity index (χ4v) is 4.95. The lowest BCUT2D eigenvalue weighted by Crippen LogP contribution is -2.14. The molecule has 0 saturated carbocycles. The summed E-state index contributed by atoms with van der Waals surface area (Å²) in [5.74, 6) is 0.00455. The number of aryl methyl sites for hydroxylation is 1. The van der Waals surface area contributed by atoms with Crippen LogP contribution in [-0.2, 0) is 32.2 Å². The Hall–Kier alpha value is -3.79. The highest BCUT2D eigenvalue weighted by molar-refractivity contribution is 5.80. The summed E-state index contributed by atoms with van der Waals surface area (Å²) in [5.41, 5.74) is 6.23. The zero-order chi connectivity index (χ0) is 29.2. The van der Waals surface area contributed by atoms with Gasteiger partial charge in [0.05, 0.1) is 64.7 Å². The number of fused-ring (bicyclic) bond motifs is 1. The number of esters is 1. The van der Waals surface area contributed by atoms with Gasteiger partial charge in [0, 0.05) is 11.5 Å². The SMILES string of the molecule is CCOC(=O)CC(c1ccc(OC)c([C@H](C)O)c1)c1ccc2c(nnn2CCOCCOCc2ccccc2)c1C. The third kappa shape index (κ3) is 7.70. The van der Waals surface area contributed by atoms with E-state index in [2.05, 4.69) is 10.3 Å². The van der Waals surface area contributed by atoms with E-state index in [1.54, 1.807) is 21.0 Å². The first-order valence-electron chi connectivity index (χ1n) is 14.0. The van der Waals surface area contributed by atoms with E-state index in [1.807, 2.05) is 72.3 Å². The number of nitrogens with zero attached hydrogens (tertiary/aromatic N) is 3. The first-order chi connectivity index (χ1) is 19.9. The first-order valence-corrected chi connectivity index (χ1v) is 14.0. The monoisotopic (exact) mass is 561 g/mol. The summed E-state index contributed by atoms with van der Waals surface area (Å²) >= 11 is 0. The molecule has 1 aromatic heterocycles. The Morgan fingerprint density at radius 2 is 1.78 bits per heavy atom. The number of aliphatic hydroxyl groups is 1. The number of carbonyl (C=O) groups excluding carboxylic acids is 1. The molecule has 9 nitrogen and oxygen atoms in total. The molecule has 0 aliphatic heterocycles. The lowest BCUT2D eigenvalue weighted by atomic mass is 9.84. The van der Waals surface area contributed by atoms with Crippen LogP contribution in [0.3, 0.4) is 0 Å². The molecular weight excluding hydrogens is 522 g/mol. The van der Waals surface area contributed by atoms with Crippen LogP contribution in [-0.4, -0.2) is 59.6 Å². The van der Waals surface area contributed by atoms with E-state index < -0.39 is 6.10 Å². The summed E-state index contributed by atoms with van der Waals surface area (Å²) in [5, 5.41) is 19.2. The van der Waals surface area contributed by atoms with Gasteiger partial charge in [-0.05, 0) is 61.2 Å². The van der Waals surface area contributed by atoms with Crippen molar-refractivity contribution >= 4 is 17.0 Å². The van der Waals surface area contributed by atoms with Gasteiger partial charge in [0.15, 0.2) is 0 Å². The van der Waals surface area contributed by atoms with Crippen LogP contribution in [0, 0.1) is 6.92 Å². The van der Waals surface area contributed by atoms with Gasteiger partial charge in [-0.2, -0.15) is 0 Å². The number of benzene rings is 3. The van der Waals surface area contributed by atoms with Gasteiger partial charge in [-0.3, -0.25) is 4.79 Å². The Kier molecular flexibility index (Phi) is 10.8. The highest BCUT2D eigenvalue weighted by Crippen LogP contribution is 2.37. The molecule has 0 saturated heterocycles. The van der Waals surface area contributed by atoms with Crippen molar-refractivity contribution in [2.45, 2.75) is 52.4 Å². The van der Waals surface area contributed by atoms with E-state index in [0.717, 1.165) is 33.3 Å². The topological polar surface area (TPSA) is 105 Å². The second kappa shape index (κ2) is 14.7. The average molecular weight is 562 g/mol. The van der Waals surface area contributed by atoms with Crippen molar-refractivity contribution in [1.29, 1.82) is 0 Å². The molecule has 0 amide bonds. The molecule has 0 fully saturated rings. The molecule has 9 heteroatoms. The maximum atomic E-state index is 12.7. The molecule has 0 aliphatic carbocycles. The second-order valence-corrected chi connectivity index (χ2v) is 9.85. The molecule has 2 atom stereocenters. The Morgan fingerprint density at radius 3 is 2.51 bits per heavy atom. The quantitative estimate of drug-likeness (QED) is 0.158. The second-order valence-electron chi connectivity index (χ2n) is 9.85. The molecule has 1 heterocycles. The van der Waals surface area contributed by atoms with E-state index in [4.69, 9.17) is 18.9 Å². The summed E-state index contributed by atoms with van der Waals surface area (Å²) < 4.78 is 24.0. The smallest absolute Gasteiger partial charge is 0.306 e. The van der Waals surface area contributed by atoms with Gasteiger partial charge in [-0.25, -0.2) is 4.68 Å². The molecule has 1 unspecified atom stereocenters. The van der Waals surface area contributed by atoms with Crippen molar-refractivity contribution < 1.29 is 28.8 Å². The molecule has 0 aliphatic rings. The Balaban J connectivity index is 1.47. The van der Waals surface area contributed by atoms with Crippen molar-refractivity contribution in [1.82, 2.24) is 15.0 Å². The minimum Gasteiger partial charge on any atom is -0.496 e. The van der Waals surface area contributed by atoms with Crippen LogP contribution < -0.4 is 4.74 Å². The fraction of sp³-hybridized carbons (Fsp3) is 0.406. The predicted molar refractivity (Wildman–Crippen MR) is 156 cm³/mol. The van der Waals surface area contributed by atoms with E-state index in [-0.39, 0.29) is 18.3 Å². The maximum absolute atomic E-state index is 12.7. The standard InChI is InChI=1S/C32H39N3O6/c1-5-41-31(37)20-28(25-11-14-30(38-4)27(19-25)23(3)36)26-12-13-29-32(22(26)2)33-34-35(29)15-16-39-17-18-40-21-24-9-7-6-8-10-24/h6-14,19,23,28,36H,5,15-18,20-21H2,1-4H3/t23-,28?/m0/s1. The van der Waals surface area contributed by atoms with Crippen LogP contribution in [0.5, 0.6) is 5.75 Å². The zero-order valence-electron chi connectivity index (χ0n) is 24.2. The molecule has 0 spiro atoms. The zero-order valence-corrected chi connectivity index (χ0v) is 24.2. The molecule has 0 bridgehead atoms. The maximum Gasteiger partial charge on any atom is 0.306 e. The highest BCUT2D eigenvalue weighted by atomic mass is 16.5. The molecule has 1 N–H and O–H groups in total. The summed E-state index contributed by atoms with van der Waals surface area (Å²) in [6.45, 7) is 8.39. The van der Waals surface area contributed by atoms with E-state index in [9.17, 15) is 9.90 Å². The number of aromatic nitrogens is 3. The Morgan fingerprint density at radius 1 is 1.00 bits per heavy atom. The van der Waals surface area contributed by atoms with Crippen LogP contribution in [0.1, 0.15) is 60.1 Å². The number of methoxy groups -OCH3 is 1.